The second kappa shape index (κ2) is 10.7. The molecule has 1 aliphatic rings. The average Bonchev–Trinajstić information content (AvgIpc) is 2.52. The van der Waals surface area contributed by atoms with E-state index in [4.69, 9.17) is 4.74 Å². The van der Waals surface area contributed by atoms with Crippen molar-refractivity contribution >= 4 is 0 Å². The Bertz CT molecular complexity index is 488. The van der Waals surface area contributed by atoms with Crippen LogP contribution in [0.3, 0.4) is 0 Å². The first-order valence-corrected chi connectivity index (χ1v) is 9.44. The SMILES string of the molecule is C=CCC/C=C(\C)C[C@@H](C)/C=C/C=C/C[C@@H]1CC(O)C(C)C(C)(O)O1. The maximum atomic E-state index is 10.2. The van der Waals surface area contributed by atoms with Crippen LogP contribution in [-0.2, 0) is 4.74 Å². The van der Waals surface area contributed by atoms with Crippen LogP contribution >= 0.6 is 0 Å². The van der Waals surface area contributed by atoms with Gasteiger partial charge in [-0.2, -0.15) is 0 Å². The van der Waals surface area contributed by atoms with Gasteiger partial charge in [-0.15, -0.1) is 6.58 Å². The Labute approximate surface area is 153 Å². The number of hydrogen-bond acceptors (Lipinski definition) is 3. The third kappa shape index (κ3) is 8.17. The zero-order chi connectivity index (χ0) is 18.9. The molecule has 3 unspecified atom stereocenters. The zero-order valence-corrected chi connectivity index (χ0v) is 16.3. The highest BCUT2D eigenvalue weighted by Crippen LogP contribution is 2.33. The van der Waals surface area contributed by atoms with Gasteiger partial charge >= 0.3 is 0 Å². The molecule has 0 aromatic heterocycles. The first-order chi connectivity index (χ1) is 11.8. The Morgan fingerprint density at radius 3 is 2.72 bits per heavy atom. The standard InChI is InChI=1S/C22H36O3/c1-6-7-9-12-17(2)15-18(3)13-10-8-11-14-20-16-21(23)19(4)22(5,24)25-20/h6,8,10-13,18-21,23-24H,1,7,9,14-16H2,2-5H3/b11-8+,13-10+,17-12+/t18-,19?,20+,21?,22?/m0/s1. The summed E-state index contributed by atoms with van der Waals surface area (Å²) < 4.78 is 5.69. The van der Waals surface area contributed by atoms with E-state index in [1.54, 1.807) is 6.92 Å². The summed E-state index contributed by atoms with van der Waals surface area (Å²) in [6.45, 7) is 11.6. The Morgan fingerprint density at radius 1 is 1.36 bits per heavy atom. The molecule has 25 heavy (non-hydrogen) atoms. The molecular weight excluding hydrogens is 312 g/mol. The van der Waals surface area contributed by atoms with Crippen molar-refractivity contribution < 1.29 is 14.9 Å². The van der Waals surface area contributed by atoms with Crippen molar-refractivity contribution in [1.29, 1.82) is 0 Å². The molecule has 1 saturated heterocycles. The highest BCUT2D eigenvalue weighted by Gasteiger charge is 2.42. The molecule has 1 rings (SSSR count). The Balaban J connectivity index is 2.36. The van der Waals surface area contributed by atoms with Crippen LogP contribution in [-0.4, -0.2) is 28.2 Å². The van der Waals surface area contributed by atoms with Gasteiger partial charge in [0, 0.05) is 12.3 Å². The van der Waals surface area contributed by atoms with Crippen LogP contribution < -0.4 is 0 Å². The third-order valence-corrected chi connectivity index (χ3v) is 4.93. The Morgan fingerprint density at radius 2 is 2.08 bits per heavy atom. The van der Waals surface area contributed by atoms with Gasteiger partial charge in [0.1, 0.15) is 0 Å². The molecule has 1 fully saturated rings. The number of aliphatic hydroxyl groups excluding tert-OH is 1. The van der Waals surface area contributed by atoms with Gasteiger partial charge in [-0.3, -0.25) is 0 Å². The van der Waals surface area contributed by atoms with E-state index in [-0.39, 0.29) is 12.0 Å². The highest BCUT2D eigenvalue weighted by atomic mass is 16.6. The lowest BCUT2D eigenvalue weighted by Crippen LogP contribution is -2.50. The number of hydrogen-bond donors (Lipinski definition) is 2. The lowest BCUT2D eigenvalue weighted by Gasteiger charge is -2.42. The summed E-state index contributed by atoms with van der Waals surface area (Å²) >= 11 is 0. The van der Waals surface area contributed by atoms with Crippen LogP contribution in [0.2, 0.25) is 0 Å². The van der Waals surface area contributed by atoms with Crippen molar-refractivity contribution in [2.75, 3.05) is 0 Å². The van der Waals surface area contributed by atoms with Gasteiger partial charge in [0.05, 0.1) is 12.2 Å². The smallest absolute Gasteiger partial charge is 0.168 e. The van der Waals surface area contributed by atoms with E-state index in [2.05, 4.69) is 38.7 Å². The lowest BCUT2D eigenvalue weighted by molar-refractivity contribution is -0.290. The molecule has 0 spiro atoms. The van der Waals surface area contributed by atoms with Gasteiger partial charge in [0.2, 0.25) is 0 Å². The second-order valence-corrected chi connectivity index (χ2v) is 7.53. The number of allylic oxidation sites excluding steroid dienone is 6. The summed E-state index contributed by atoms with van der Waals surface area (Å²) in [7, 11) is 0. The molecule has 0 aromatic rings. The topological polar surface area (TPSA) is 49.7 Å². The number of aliphatic hydroxyl groups is 2. The first-order valence-electron chi connectivity index (χ1n) is 9.44. The van der Waals surface area contributed by atoms with Crippen molar-refractivity contribution in [2.24, 2.45) is 11.8 Å². The molecule has 3 nitrogen and oxygen atoms in total. The molecule has 3 heteroatoms. The molecule has 2 N–H and O–H groups in total. The molecule has 0 aliphatic carbocycles. The normalized spacial score (nSPS) is 32.4. The minimum absolute atomic E-state index is 0.140. The Hall–Kier alpha value is -1.16. The van der Waals surface area contributed by atoms with Crippen molar-refractivity contribution in [3.8, 4) is 0 Å². The van der Waals surface area contributed by atoms with E-state index >= 15 is 0 Å². The van der Waals surface area contributed by atoms with E-state index in [9.17, 15) is 10.2 Å². The minimum atomic E-state index is -1.25. The second-order valence-electron chi connectivity index (χ2n) is 7.53. The predicted molar refractivity (Wildman–Crippen MR) is 105 cm³/mol. The van der Waals surface area contributed by atoms with Crippen LogP contribution in [0.15, 0.2) is 48.6 Å². The quantitative estimate of drug-likeness (QED) is 0.353. The van der Waals surface area contributed by atoms with Crippen LogP contribution in [0.1, 0.15) is 59.8 Å². The molecule has 0 saturated carbocycles. The monoisotopic (exact) mass is 348 g/mol. The van der Waals surface area contributed by atoms with Crippen molar-refractivity contribution in [1.82, 2.24) is 0 Å². The van der Waals surface area contributed by atoms with E-state index in [1.807, 2.05) is 25.2 Å². The summed E-state index contributed by atoms with van der Waals surface area (Å²) in [6.07, 6.45) is 16.4. The average molecular weight is 349 g/mol. The first kappa shape index (κ1) is 21.9. The molecule has 0 bridgehead atoms. The predicted octanol–water partition coefficient (Wildman–Crippen LogP) is 4.92. The maximum Gasteiger partial charge on any atom is 0.168 e. The van der Waals surface area contributed by atoms with Crippen molar-refractivity contribution in [3.05, 3.63) is 48.6 Å². The molecule has 142 valence electrons. The van der Waals surface area contributed by atoms with Crippen molar-refractivity contribution in [2.45, 2.75) is 77.8 Å². The third-order valence-electron chi connectivity index (χ3n) is 4.93. The van der Waals surface area contributed by atoms with Gasteiger partial charge in [-0.25, -0.2) is 0 Å². The van der Waals surface area contributed by atoms with Crippen LogP contribution in [0.4, 0.5) is 0 Å². The lowest BCUT2D eigenvalue weighted by atomic mass is 9.87. The molecule has 1 heterocycles. The van der Waals surface area contributed by atoms with E-state index in [0.717, 1.165) is 19.3 Å². The van der Waals surface area contributed by atoms with Gasteiger partial charge in [0.25, 0.3) is 0 Å². The maximum absolute atomic E-state index is 10.2. The number of rotatable bonds is 9. The fraction of sp³-hybridized carbons (Fsp3) is 0.636. The van der Waals surface area contributed by atoms with Gasteiger partial charge in [-0.1, -0.05) is 55.9 Å². The van der Waals surface area contributed by atoms with Gasteiger partial charge in [0.15, 0.2) is 5.79 Å². The highest BCUT2D eigenvalue weighted by molar-refractivity contribution is 5.08. The van der Waals surface area contributed by atoms with E-state index < -0.39 is 11.9 Å². The fourth-order valence-corrected chi connectivity index (χ4v) is 3.14. The Kier molecular flexibility index (Phi) is 9.41. The molecule has 0 aromatic carbocycles. The largest absolute Gasteiger partial charge is 0.393 e. The molecule has 0 radical (unpaired) electrons. The van der Waals surface area contributed by atoms with Gasteiger partial charge < -0.3 is 14.9 Å². The van der Waals surface area contributed by atoms with E-state index in [0.29, 0.717) is 18.8 Å². The van der Waals surface area contributed by atoms with E-state index in [1.165, 1.54) is 5.57 Å². The molecule has 5 atom stereocenters. The summed E-state index contributed by atoms with van der Waals surface area (Å²) in [6, 6.07) is 0. The summed E-state index contributed by atoms with van der Waals surface area (Å²) in [4.78, 5) is 0. The molecular formula is C22H36O3. The van der Waals surface area contributed by atoms with Crippen molar-refractivity contribution in [3.63, 3.8) is 0 Å². The number of unbranched alkanes of at least 4 members (excludes halogenated alkanes) is 1. The summed E-state index contributed by atoms with van der Waals surface area (Å²) in [5.74, 6) is -1.02. The summed E-state index contributed by atoms with van der Waals surface area (Å²) in [5.41, 5.74) is 1.42. The minimum Gasteiger partial charge on any atom is -0.393 e. The van der Waals surface area contributed by atoms with Crippen LogP contribution in [0, 0.1) is 11.8 Å². The summed E-state index contributed by atoms with van der Waals surface area (Å²) in [5, 5.41) is 20.2. The number of ether oxygens (including phenoxy) is 1. The zero-order valence-electron chi connectivity index (χ0n) is 16.3. The fourth-order valence-electron chi connectivity index (χ4n) is 3.14. The molecule has 0 amide bonds. The van der Waals surface area contributed by atoms with Crippen LogP contribution in [0.5, 0.6) is 0 Å². The van der Waals surface area contributed by atoms with Crippen LogP contribution in [0.25, 0.3) is 0 Å². The molecule has 1 aliphatic heterocycles. The van der Waals surface area contributed by atoms with Gasteiger partial charge in [-0.05, 0) is 45.4 Å².